The van der Waals surface area contributed by atoms with E-state index >= 15 is 0 Å². The Morgan fingerprint density at radius 1 is 1.00 bits per heavy atom. The Bertz CT molecular complexity index is 466. The molecule has 0 aliphatic carbocycles. The molecule has 0 amide bonds. The third-order valence-electron chi connectivity index (χ3n) is 3.40. The molecule has 0 N–H and O–H groups in total. The molecular weight excluding hydrogens is 391 g/mol. The summed E-state index contributed by atoms with van der Waals surface area (Å²) in [7, 11) is -0.860. The highest BCUT2D eigenvalue weighted by molar-refractivity contribution is 9.08. The summed E-state index contributed by atoms with van der Waals surface area (Å²) in [5.74, 6) is 1.25. The third-order valence-corrected chi connectivity index (χ3v) is 6.09. The molecule has 1 aromatic carbocycles. The van der Waals surface area contributed by atoms with Gasteiger partial charge in [-0.1, -0.05) is 78.2 Å². The van der Waals surface area contributed by atoms with Gasteiger partial charge >= 0.3 is 0 Å². The van der Waals surface area contributed by atoms with Crippen LogP contribution in [0.15, 0.2) is 12.1 Å². The van der Waals surface area contributed by atoms with Gasteiger partial charge in [-0.25, -0.2) is 0 Å². The average molecular weight is 414 g/mol. The van der Waals surface area contributed by atoms with Crippen molar-refractivity contribution in [3.8, 4) is 0 Å². The Hall–Kier alpha value is 0.430. The van der Waals surface area contributed by atoms with E-state index in [4.69, 9.17) is 23.2 Å². The minimum atomic E-state index is -0.860. The SMILES string of the molecule is CCCCCCCCS(=O)Cc1cc(Cl)c(CBr)cc1Cl. The Morgan fingerprint density at radius 2 is 1.57 bits per heavy atom. The van der Waals surface area contributed by atoms with Gasteiger partial charge in [0.1, 0.15) is 0 Å². The highest BCUT2D eigenvalue weighted by Gasteiger charge is 2.10. The molecule has 1 aromatic rings. The summed E-state index contributed by atoms with van der Waals surface area (Å²) < 4.78 is 12.1. The van der Waals surface area contributed by atoms with E-state index < -0.39 is 10.8 Å². The van der Waals surface area contributed by atoms with E-state index in [0.717, 1.165) is 23.3 Å². The fourth-order valence-corrected chi connectivity index (χ4v) is 4.60. The molecule has 1 nitrogen and oxygen atoms in total. The van der Waals surface area contributed by atoms with Gasteiger partial charge in [0.05, 0.1) is 5.75 Å². The van der Waals surface area contributed by atoms with E-state index in [1.807, 2.05) is 12.1 Å². The zero-order valence-corrected chi connectivity index (χ0v) is 16.4. The van der Waals surface area contributed by atoms with Crippen LogP contribution in [-0.2, 0) is 21.9 Å². The number of hydrogen-bond acceptors (Lipinski definition) is 1. The normalized spacial score (nSPS) is 12.6. The van der Waals surface area contributed by atoms with Crippen molar-refractivity contribution in [1.82, 2.24) is 0 Å². The van der Waals surface area contributed by atoms with Crippen molar-refractivity contribution in [3.63, 3.8) is 0 Å². The lowest BCUT2D eigenvalue weighted by molar-refractivity contribution is 0.622. The number of rotatable bonds is 10. The molecule has 0 bridgehead atoms. The van der Waals surface area contributed by atoms with Gasteiger partial charge in [0.15, 0.2) is 0 Å². The molecule has 0 saturated carbocycles. The first-order valence-corrected chi connectivity index (χ1v) is 10.8. The lowest BCUT2D eigenvalue weighted by Gasteiger charge is -2.08. The third kappa shape index (κ3) is 7.49. The minimum Gasteiger partial charge on any atom is -0.259 e. The molecule has 0 aliphatic heterocycles. The summed E-state index contributed by atoms with van der Waals surface area (Å²) >= 11 is 15.8. The minimum absolute atomic E-state index is 0.496. The molecule has 1 rings (SSSR count). The van der Waals surface area contributed by atoms with Crippen molar-refractivity contribution in [1.29, 1.82) is 0 Å². The number of alkyl halides is 1. The largest absolute Gasteiger partial charge is 0.259 e. The summed E-state index contributed by atoms with van der Waals surface area (Å²) in [6.45, 7) is 2.21. The monoisotopic (exact) mass is 412 g/mol. The van der Waals surface area contributed by atoms with Crippen LogP contribution in [0.4, 0.5) is 0 Å². The van der Waals surface area contributed by atoms with Crippen LogP contribution in [0.3, 0.4) is 0 Å². The first kappa shape index (κ1) is 19.5. The second kappa shape index (κ2) is 11.0. The standard InChI is InChI=1S/C16H23BrCl2OS/c1-2-3-4-5-6-7-8-21(20)12-14-10-15(18)13(11-17)9-16(14)19/h9-10H,2-8,11-12H2,1H3. The molecular formula is C16H23BrCl2OS. The van der Waals surface area contributed by atoms with Gasteiger partial charge in [-0.2, -0.15) is 0 Å². The van der Waals surface area contributed by atoms with E-state index in [1.165, 1.54) is 32.1 Å². The van der Waals surface area contributed by atoms with Crippen LogP contribution in [0.1, 0.15) is 56.6 Å². The highest BCUT2D eigenvalue weighted by atomic mass is 79.9. The van der Waals surface area contributed by atoms with Gasteiger partial charge in [0.2, 0.25) is 0 Å². The van der Waals surface area contributed by atoms with Crippen molar-refractivity contribution in [2.75, 3.05) is 5.75 Å². The van der Waals surface area contributed by atoms with Gasteiger partial charge in [0, 0.05) is 31.9 Å². The first-order chi connectivity index (χ1) is 10.1. The van der Waals surface area contributed by atoms with Crippen molar-refractivity contribution in [2.24, 2.45) is 0 Å². The predicted molar refractivity (Wildman–Crippen MR) is 99.2 cm³/mol. The van der Waals surface area contributed by atoms with Crippen LogP contribution in [0.5, 0.6) is 0 Å². The van der Waals surface area contributed by atoms with Gasteiger partial charge in [0.25, 0.3) is 0 Å². The molecule has 0 saturated heterocycles. The number of benzene rings is 1. The van der Waals surface area contributed by atoms with Crippen LogP contribution < -0.4 is 0 Å². The Balaban J connectivity index is 2.39. The summed E-state index contributed by atoms with van der Waals surface area (Å²) in [5, 5.41) is 2.01. The first-order valence-electron chi connectivity index (χ1n) is 7.46. The molecule has 5 heteroatoms. The van der Waals surface area contributed by atoms with E-state index in [0.29, 0.717) is 21.1 Å². The molecule has 1 unspecified atom stereocenters. The van der Waals surface area contributed by atoms with E-state index in [9.17, 15) is 4.21 Å². The summed E-state index contributed by atoms with van der Waals surface area (Å²) in [6.07, 6.45) is 7.30. The maximum atomic E-state index is 12.1. The fourth-order valence-electron chi connectivity index (χ4n) is 2.13. The molecule has 0 aliphatic rings. The highest BCUT2D eigenvalue weighted by Crippen LogP contribution is 2.28. The van der Waals surface area contributed by atoms with Gasteiger partial charge in [-0.3, -0.25) is 4.21 Å². The average Bonchev–Trinajstić information content (AvgIpc) is 2.46. The van der Waals surface area contributed by atoms with Crippen LogP contribution in [0.25, 0.3) is 0 Å². The Labute approximate surface area is 149 Å². The summed E-state index contributed by atoms with van der Waals surface area (Å²) in [6, 6.07) is 3.70. The maximum Gasteiger partial charge on any atom is 0.0500 e. The fraction of sp³-hybridized carbons (Fsp3) is 0.625. The molecule has 120 valence electrons. The zero-order valence-electron chi connectivity index (χ0n) is 12.5. The summed E-state index contributed by atoms with van der Waals surface area (Å²) in [5.41, 5.74) is 1.85. The molecule has 21 heavy (non-hydrogen) atoms. The van der Waals surface area contributed by atoms with Crippen LogP contribution >= 0.6 is 39.1 Å². The lowest BCUT2D eigenvalue weighted by atomic mass is 10.1. The maximum absolute atomic E-state index is 12.1. The predicted octanol–water partition coefficient (Wildman–Crippen LogP) is 6.50. The van der Waals surface area contributed by atoms with E-state index in [2.05, 4.69) is 22.9 Å². The van der Waals surface area contributed by atoms with Crippen molar-refractivity contribution in [2.45, 2.75) is 56.5 Å². The van der Waals surface area contributed by atoms with Crippen LogP contribution in [-0.4, -0.2) is 9.96 Å². The molecule has 0 radical (unpaired) electrons. The zero-order chi connectivity index (χ0) is 15.7. The number of hydrogen-bond donors (Lipinski definition) is 0. The van der Waals surface area contributed by atoms with Crippen molar-refractivity contribution in [3.05, 3.63) is 33.3 Å². The number of unbranched alkanes of at least 4 members (excludes halogenated alkanes) is 5. The quantitative estimate of drug-likeness (QED) is 0.316. The molecule has 0 fully saturated rings. The number of halogens is 3. The van der Waals surface area contributed by atoms with Crippen molar-refractivity contribution < 1.29 is 4.21 Å². The van der Waals surface area contributed by atoms with Crippen LogP contribution in [0, 0.1) is 0 Å². The Morgan fingerprint density at radius 3 is 2.24 bits per heavy atom. The smallest absolute Gasteiger partial charge is 0.0500 e. The van der Waals surface area contributed by atoms with Gasteiger partial charge < -0.3 is 0 Å². The van der Waals surface area contributed by atoms with Gasteiger partial charge in [-0.15, -0.1) is 0 Å². The molecule has 0 aromatic heterocycles. The Kier molecular flexibility index (Phi) is 10.2. The van der Waals surface area contributed by atoms with Gasteiger partial charge in [-0.05, 0) is 29.7 Å². The van der Waals surface area contributed by atoms with E-state index in [1.54, 1.807) is 0 Å². The lowest BCUT2D eigenvalue weighted by Crippen LogP contribution is -2.02. The topological polar surface area (TPSA) is 17.1 Å². The molecule has 0 spiro atoms. The molecule has 0 heterocycles. The second-order valence-electron chi connectivity index (χ2n) is 5.22. The van der Waals surface area contributed by atoms with Crippen molar-refractivity contribution >= 4 is 49.9 Å². The second-order valence-corrected chi connectivity index (χ2v) is 8.18. The van der Waals surface area contributed by atoms with Crippen LogP contribution in [0.2, 0.25) is 10.0 Å². The molecule has 1 atom stereocenters. The summed E-state index contributed by atoms with van der Waals surface area (Å²) in [4.78, 5) is 0. The van der Waals surface area contributed by atoms with E-state index in [-0.39, 0.29) is 0 Å².